The van der Waals surface area contributed by atoms with Gasteiger partial charge >= 0.3 is 0 Å². The average molecular weight is 398 g/mol. The maximum Gasteiger partial charge on any atom is 0.0493 e. The van der Waals surface area contributed by atoms with E-state index in [1.807, 2.05) is 18.2 Å². The summed E-state index contributed by atoms with van der Waals surface area (Å²) in [6, 6.07) is 14.3. The molecule has 0 unspecified atom stereocenters. The highest BCUT2D eigenvalue weighted by Gasteiger charge is 2.14. The zero-order valence-electron chi connectivity index (χ0n) is 14.5. The Morgan fingerprint density at radius 3 is 2.56 bits per heavy atom. The third-order valence-corrected chi connectivity index (χ3v) is 5.02. The largest absolute Gasteiger partial charge is 0.340 e. The van der Waals surface area contributed by atoms with Gasteiger partial charge in [-0.15, -0.1) is 12.4 Å². The van der Waals surface area contributed by atoms with Crippen LogP contribution in [0, 0.1) is 6.92 Å². The number of fused-ring (bicyclic) bond motifs is 1. The lowest BCUT2D eigenvalue weighted by atomic mass is 10.1. The zero-order chi connectivity index (χ0) is 17.1. The molecule has 0 radical (unpaired) electrons. The number of aromatic nitrogens is 1. The number of nitrogens with zero attached hydrogens (tertiary/aromatic N) is 1. The highest BCUT2D eigenvalue weighted by molar-refractivity contribution is 6.35. The molecule has 0 saturated heterocycles. The second kappa shape index (κ2) is 8.95. The summed E-state index contributed by atoms with van der Waals surface area (Å²) >= 11 is 12.4. The average Bonchev–Trinajstić information content (AvgIpc) is 2.83. The lowest BCUT2D eigenvalue weighted by molar-refractivity contribution is 0.670. The minimum Gasteiger partial charge on any atom is -0.340 e. The summed E-state index contributed by atoms with van der Waals surface area (Å²) in [5, 5.41) is 6.21. The molecule has 0 fully saturated rings. The lowest BCUT2D eigenvalue weighted by Gasteiger charge is -2.11. The molecule has 3 rings (SSSR count). The summed E-state index contributed by atoms with van der Waals surface area (Å²) in [6.07, 6.45) is 1.14. The van der Waals surface area contributed by atoms with Crippen molar-refractivity contribution in [2.45, 2.75) is 33.4 Å². The number of rotatable bonds is 6. The fourth-order valence-corrected chi connectivity index (χ4v) is 3.61. The van der Waals surface area contributed by atoms with E-state index in [-0.39, 0.29) is 12.4 Å². The van der Waals surface area contributed by atoms with E-state index in [0.717, 1.165) is 31.6 Å². The van der Waals surface area contributed by atoms with Crippen molar-refractivity contribution in [3.63, 3.8) is 0 Å². The van der Waals surface area contributed by atoms with Crippen LogP contribution in [0.4, 0.5) is 0 Å². The molecule has 0 aliphatic heterocycles. The Bertz CT molecular complexity index is 856. The molecule has 0 aliphatic carbocycles. The molecule has 2 nitrogen and oxygen atoms in total. The Labute approximate surface area is 165 Å². The number of nitrogens with one attached hydrogen (secondary N) is 1. The van der Waals surface area contributed by atoms with Gasteiger partial charge in [0.05, 0.1) is 0 Å². The smallest absolute Gasteiger partial charge is 0.0493 e. The molecule has 1 N–H and O–H groups in total. The first kappa shape index (κ1) is 20.1. The van der Waals surface area contributed by atoms with Crippen molar-refractivity contribution < 1.29 is 0 Å². The van der Waals surface area contributed by atoms with Crippen LogP contribution >= 0.6 is 35.6 Å². The van der Waals surface area contributed by atoms with Gasteiger partial charge in [0.1, 0.15) is 0 Å². The second-order valence-electron chi connectivity index (χ2n) is 6.08. The Morgan fingerprint density at radius 1 is 1.08 bits per heavy atom. The van der Waals surface area contributed by atoms with Crippen LogP contribution in [0.5, 0.6) is 0 Å². The third-order valence-electron chi connectivity index (χ3n) is 4.43. The van der Waals surface area contributed by atoms with Crippen LogP contribution in [0.15, 0.2) is 42.5 Å². The predicted molar refractivity (Wildman–Crippen MR) is 111 cm³/mol. The van der Waals surface area contributed by atoms with Gasteiger partial charge in [-0.1, -0.05) is 54.4 Å². The highest BCUT2D eigenvalue weighted by atomic mass is 35.5. The van der Waals surface area contributed by atoms with Crippen LogP contribution in [0.1, 0.15) is 30.2 Å². The Hall–Kier alpha value is -1.19. The monoisotopic (exact) mass is 396 g/mol. The van der Waals surface area contributed by atoms with Crippen LogP contribution in [-0.4, -0.2) is 11.1 Å². The molecular formula is C20H23Cl3N2. The van der Waals surface area contributed by atoms with Gasteiger partial charge in [0.15, 0.2) is 0 Å². The van der Waals surface area contributed by atoms with Crippen molar-refractivity contribution in [3.05, 3.63) is 69.3 Å². The molecule has 1 heterocycles. The summed E-state index contributed by atoms with van der Waals surface area (Å²) in [7, 11) is 0. The minimum atomic E-state index is 0. The summed E-state index contributed by atoms with van der Waals surface area (Å²) in [5.74, 6) is 0. The highest BCUT2D eigenvalue weighted by Crippen LogP contribution is 2.29. The molecule has 0 bridgehead atoms. The van der Waals surface area contributed by atoms with E-state index in [1.165, 1.54) is 22.2 Å². The molecule has 1 aromatic heterocycles. The fraction of sp³-hybridized carbons (Fsp3) is 0.300. The maximum atomic E-state index is 6.38. The van der Waals surface area contributed by atoms with Crippen molar-refractivity contribution in [1.29, 1.82) is 0 Å². The van der Waals surface area contributed by atoms with Gasteiger partial charge in [0.2, 0.25) is 0 Å². The normalized spacial score (nSPS) is 10.9. The molecule has 0 amide bonds. The van der Waals surface area contributed by atoms with E-state index in [4.69, 9.17) is 23.2 Å². The second-order valence-corrected chi connectivity index (χ2v) is 6.92. The molecule has 0 atom stereocenters. The molecule has 5 heteroatoms. The topological polar surface area (TPSA) is 17.0 Å². The summed E-state index contributed by atoms with van der Waals surface area (Å²) in [5.41, 5.74) is 4.97. The molecule has 134 valence electrons. The van der Waals surface area contributed by atoms with Crippen LogP contribution in [0.3, 0.4) is 0 Å². The SMILES string of the molecule is CCCNCc1c(C)n(Cc2ccc(Cl)cc2Cl)c2ccccc12.Cl. The van der Waals surface area contributed by atoms with E-state index in [9.17, 15) is 0 Å². The number of halogens is 3. The number of hydrogen-bond donors (Lipinski definition) is 1. The van der Waals surface area contributed by atoms with Crippen LogP contribution in [0.2, 0.25) is 10.0 Å². The molecule has 0 spiro atoms. The van der Waals surface area contributed by atoms with Gasteiger partial charge in [-0.25, -0.2) is 0 Å². The molecule has 3 aromatic rings. The van der Waals surface area contributed by atoms with Crippen molar-refractivity contribution in [2.75, 3.05) is 6.54 Å². The van der Waals surface area contributed by atoms with Crippen LogP contribution in [0.25, 0.3) is 10.9 Å². The Kier molecular flexibility index (Phi) is 7.21. The number of benzene rings is 2. The standard InChI is InChI=1S/C20H22Cl2N2.ClH/c1-3-10-23-12-18-14(2)24(20-7-5-4-6-17(18)20)13-15-8-9-16(21)11-19(15)22;/h4-9,11,23H,3,10,12-13H2,1-2H3;1H. The van der Waals surface area contributed by atoms with Crippen molar-refractivity contribution in [1.82, 2.24) is 9.88 Å². The van der Waals surface area contributed by atoms with Gasteiger partial charge in [-0.3, -0.25) is 0 Å². The minimum absolute atomic E-state index is 0. The Balaban J connectivity index is 0.00000225. The van der Waals surface area contributed by atoms with Gasteiger partial charge in [-0.2, -0.15) is 0 Å². The van der Waals surface area contributed by atoms with Crippen molar-refractivity contribution >= 4 is 46.5 Å². The van der Waals surface area contributed by atoms with E-state index in [1.54, 1.807) is 0 Å². The predicted octanol–water partition coefficient (Wildman–Crippen LogP) is 6.23. The first-order valence-corrected chi connectivity index (χ1v) is 9.08. The summed E-state index contributed by atoms with van der Waals surface area (Å²) in [6.45, 7) is 7.04. The van der Waals surface area contributed by atoms with Gasteiger partial charge in [0, 0.05) is 39.7 Å². The molecule has 0 aliphatic rings. The molecule has 0 saturated carbocycles. The molecule has 2 aromatic carbocycles. The lowest BCUT2D eigenvalue weighted by Crippen LogP contribution is -2.14. The summed E-state index contributed by atoms with van der Waals surface area (Å²) in [4.78, 5) is 0. The van der Waals surface area contributed by atoms with E-state index < -0.39 is 0 Å². The number of para-hydroxylation sites is 1. The zero-order valence-corrected chi connectivity index (χ0v) is 16.8. The summed E-state index contributed by atoms with van der Waals surface area (Å²) < 4.78 is 2.34. The first-order valence-electron chi connectivity index (χ1n) is 8.33. The van der Waals surface area contributed by atoms with Crippen LogP contribution in [-0.2, 0) is 13.1 Å². The Morgan fingerprint density at radius 2 is 1.84 bits per heavy atom. The maximum absolute atomic E-state index is 6.38. The van der Waals surface area contributed by atoms with Crippen molar-refractivity contribution in [2.24, 2.45) is 0 Å². The van der Waals surface area contributed by atoms with Gasteiger partial charge < -0.3 is 9.88 Å². The van der Waals surface area contributed by atoms with Gasteiger partial charge in [-0.05, 0) is 49.2 Å². The quantitative estimate of drug-likeness (QED) is 0.488. The van der Waals surface area contributed by atoms with E-state index >= 15 is 0 Å². The fourth-order valence-electron chi connectivity index (χ4n) is 3.14. The van der Waals surface area contributed by atoms with Gasteiger partial charge in [0.25, 0.3) is 0 Å². The van der Waals surface area contributed by atoms with E-state index in [2.05, 4.69) is 48.0 Å². The first-order chi connectivity index (χ1) is 11.6. The number of hydrogen-bond acceptors (Lipinski definition) is 1. The third kappa shape index (κ3) is 4.32. The van der Waals surface area contributed by atoms with Crippen LogP contribution < -0.4 is 5.32 Å². The van der Waals surface area contributed by atoms with Crippen molar-refractivity contribution in [3.8, 4) is 0 Å². The molecular weight excluding hydrogens is 375 g/mol. The molecule has 25 heavy (non-hydrogen) atoms. The van der Waals surface area contributed by atoms with E-state index in [0.29, 0.717) is 10.0 Å².